The van der Waals surface area contributed by atoms with Gasteiger partial charge >= 0.3 is 5.97 Å². The molecule has 4 nitrogen and oxygen atoms in total. The van der Waals surface area contributed by atoms with Gasteiger partial charge in [0.25, 0.3) is 0 Å². The molecule has 0 saturated heterocycles. The third-order valence-corrected chi connectivity index (χ3v) is 2.33. The summed E-state index contributed by atoms with van der Waals surface area (Å²) in [6.45, 7) is 0. The zero-order chi connectivity index (χ0) is 12.0. The average Bonchev–Trinajstić information content (AvgIpc) is 2.29. The molecule has 0 aromatic heterocycles. The van der Waals surface area contributed by atoms with Crippen LogP contribution in [-0.2, 0) is 4.79 Å². The molecular weight excluding hydrogens is 206 g/mol. The Labute approximate surface area is 94.1 Å². The van der Waals surface area contributed by atoms with Crippen LogP contribution in [0.5, 0.6) is 0 Å². The lowest BCUT2D eigenvalue weighted by molar-refractivity contribution is -0.138. The molecule has 1 atom stereocenters. The van der Waals surface area contributed by atoms with Crippen LogP contribution in [-0.4, -0.2) is 22.9 Å². The third-order valence-electron chi connectivity index (χ3n) is 2.33. The van der Waals surface area contributed by atoms with Gasteiger partial charge in [-0.1, -0.05) is 30.3 Å². The van der Waals surface area contributed by atoms with E-state index in [1.807, 2.05) is 6.07 Å². The van der Waals surface area contributed by atoms with Crippen molar-refractivity contribution in [3.63, 3.8) is 0 Å². The quantitative estimate of drug-likeness (QED) is 0.712. The Morgan fingerprint density at radius 2 is 1.88 bits per heavy atom. The van der Waals surface area contributed by atoms with Gasteiger partial charge in [-0.05, 0) is 12.8 Å². The minimum atomic E-state index is -1.02. The normalized spacial score (nSPS) is 12.1. The minimum Gasteiger partial charge on any atom is -0.480 e. The summed E-state index contributed by atoms with van der Waals surface area (Å²) in [5.74, 6) is -0.995. The molecule has 0 aliphatic carbocycles. The Kier molecular flexibility index (Phi) is 4.66. The summed E-state index contributed by atoms with van der Waals surface area (Å²) in [7, 11) is 0. The van der Waals surface area contributed by atoms with E-state index < -0.39 is 12.0 Å². The minimum absolute atomic E-state index is 0.0261. The van der Waals surface area contributed by atoms with Gasteiger partial charge in [-0.15, -0.1) is 0 Å². The number of aliphatic carboxylic acids is 1. The molecule has 0 amide bonds. The predicted octanol–water partition coefficient (Wildman–Crippen LogP) is 1.45. The van der Waals surface area contributed by atoms with E-state index in [0.29, 0.717) is 24.8 Å². The van der Waals surface area contributed by atoms with Crippen LogP contribution in [0.25, 0.3) is 0 Å². The predicted molar refractivity (Wildman–Crippen MR) is 60.2 cm³/mol. The number of hydrogen-bond donors (Lipinski definition) is 2. The van der Waals surface area contributed by atoms with Crippen molar-refractivity contribution in [1.29, 1.82) is 0 Å². The monoisotopic (exact) mass is 221 g/mol. The van der Waals surface area contributed by atoms with Gasteiger partial charge in [0.05, 0.1) is 0 Å². The molecule has 1 aromatic carbocycles. The standard InChI is InChI=1S/C12H15NO3/c13-10(12(15)16)7-4-8-11(14)9-5-2-1-3-6-9/h1-3,5-6,10H,4,7-8,13H2,(H,15,16)/t10-/m0/s1. The van der Waals surface area contributed by atoms with Crippen LogP contribution in [0.1, 0.15) is 29.6 Å². The summed E-state index contributed by atoms with van der Waals surface area (Å²) in [5.41, 5.74) is 5.99. The number of nitrogens with two attached hydrogens (primary N) is 1. The second-order valence-electron chi connectivity index (χ2n) is 3.63. The Hall–Kier alpha value is -1.68. The van der Waals surface area contributed by atoms with Crippen LogP contribution in [0.3, 0.4) is 0 Å². The SMILES string of the molecule is N[C@@H](CCCC(=O)c1ccccc1)C(=O)O. The molecule has 3 N–H and O–H groups in total. The van der Waals surface area contributed by atoms with Crippen LogP contribution in [0, 0.1) is 0 Å². The van der Waals surface area contributed by atoms with E-state index in [-0.39, 0.29) is 5.78 Å². The first-order valence-electron chi connectivity index (χ1n) is 5.18. The summed E-state index contributed by atoms with van der Waals surface area (Å²) in [4.78, 5) is 22.0. The molecule has 0 aliphatic heterocycles. The van der Waals surface area contributed by atoms with E-state index in [2.05, 4.69) is 0 Å². The molecule has 0 spiro atoms. The van der Waals surface area contributed by atoms with Gasteiger partial charge in [0.1, 0.15) is 6.04 Å². The van der Waals surface area contributed by atoms with Crippen molar-refractivity contribution in [1.82, 2.24) is 0 Å². The summed E-state index contributed by atoms with van der Waals surface area (Å²) < 4.78 is 0. The number of hydrogen-bond acceptors (Lipinski definition) is 3. The fraction of sp³-hybridized carbons (Fsp3) is 0.333. The Balaban J connectivity index is 2.34. The molecule has 0 saturated carbocycles. The van der Waals surface area contributed by atoms with E-state index in [1.54, 1.807) is 24.3 Å². The highest BCUT2D eigenvalue weighted by Gasteiger charge is 2.12. The smallest absolute Gasteiger partial charge is 0.320 e. The summed E-state index contributed by atoms with van der Waals surface area (Å²) in [6, 6.07) is 8.08. The van der Waals surface area contributed by atoms with Crippen molar-refractivity contribution in [3.8, 4) is 0 Å². The molecule has 0 bridgehead atoms. The van der Waals surface area contributed by atoms with Gasteiger partial charge in [-0.25, -0.2) is 0 Å². The van der Waals surface area contributed by atoms with Crippen molar-refractivity contribution in [2.45, 2.75) is 25.3 Å². The maximum Gasteiger partial charge on any atom is 0.320 e. The first-order valence-corrected chi connectivity index (χ1v) is 5.18. The van der Waals surface area contributed by atoms with Crippen molar-refractivity contribution in [3.05, 3.63) is 35.9 Å². The average molecular weight is 221 g/mol. The lowest BCUT2D eigenvalue weighted by Crippen LogP contribution is -2.29. The molecule has 0 heterocycles. The van der Waals surface area contributed by atoms with Crippen molar-refractivity contribution >= 4 is 11.8 Å². The molecule has 0 unspecified atom stereocenters. The van der Waals surface area contributed by atoms with Crippen LogP contribution < -0.4 is 5.73 Å². The number of rotatable bonds is 6. The van der Waals surface area contributed by atoms with E-state index in [1.165, 1.54) is 0 Å². The summed E-state index contributed by atoms with van der Waals surface area (Å²) >= 11 is 0. The second-order valence-corrected chi connectivity index (χ2v) is 3.63. The topological polar surface area (TPSA) is 80.4 Å². The maximum absolute atomic E-state index is 11.6. The van der Waals surface area contributed by atoms with E-state index in [4.69, 9.17) is 10.8 Å². The van der Waals surface area contributed by atoms with Crippen molar-refractivity contribution in [2.24, 2.45) is 5.73 Å². The van der Waals surface area contributed by atoms with Gasteiger partial charge in [0, 0.05) is 12.0 Å². The maximum atomic E-state index is 11.6. The molecule has 1 rings (SSSR count). The Bertz CT molecular complexity index is 362. The van der Waals surface area contributed by atoms with Gasteiger partial charge in [0.15, 0.2) is 5.78 Å². The van der Waals surface area contributed by atoms with Crippen LogP contribution in [0.15, 0.2) is 30.3 Å². The fourth-order valence-corrected chi connectivity index (χ4v) is 1.37. The molecule has 0 radical (unpaired) electrons. The highest BCUT2D eigenvalue weighted by molar-refractivity contribution is 5.95. The fourth-order valence-electron chi connectivity index (χ4n) is 1.37. The largest absolute Gasteiger partial charge is 0.480 e. The van der Waals surface area contributed by atoms with Gasteiger partial charge < -0.3 is 10.8 Å². The summed E-state index contributed by atoms with van der Waals surface area (Å²) in [5, 5.41) is 8.55. The van der Waals surface area contributed by atoms with Crippen molar-refractivity contribution in [2.75, 3.05) is 0 Å². The Morgan fingerprint density at radius 3 is 2.44 bits per heavy atom. The number of carboxylic acids is 1. The van der Waals surface area contributed by atoms with E-state index >= 15 is 0 Å². The number of Topliss-reactive ketones (excluding diaryl/α,β-unsaturated/α-hetero) is 1. The molecule has 16 heavy (non-hydrogen) atoms. The van der Waals surface area contributed by atoms with E-state index in [0.717, 1.165) is 0 Å². The van der Waals surface area contributed by atoms with Gasteiger partial charge in [-0.2, -0.15) is 0 Å². The molecule has 1 aromatic rings. The molecule has 86 valence electrons. The number of carbonyl (C=O) groups excluding carboxylic acids is 1. The first kappa shape index (κ1) is 12.4. The van der Waals surface area contributed by atoms with E-state index in [9.17, 15) is 9.59 Å². The lowest BCUT2D eigenvalue weighted by Gasteiger charge is -2.05. The highest BCUT2D eigenvalue weighted by Crippen LogP contribution is 2.07. The lowest BCUT2D eigenvalue weighted by atomic mass is 10.0. The second kappa shape index (κ2) is 6.02. The molecule has 0 aliphatic rings. The highest BCUT2D eigenvalue weighted by atomic mass is 16.4. The summed E-state index contributed by atoms with van der Waals surface area (Å²) in [6.07, 6.45) is 1.17. The number of ketones is 1. The van der Waals surface area contributed by atoms with Crippen LogP contribution in [0.2, 0.25) is 0 Å². The number of carbonyl (C=O) groups is 2. The number of carboxylic acid groups (broad SMARTS) is 1. The van der Waals surface area contributed by atoms with Crippen LogP contribution >= 0.6 is 0 Å². The zero-order valence-corrected chi connectivity index (χ0v) is 8.93. The van der Waals surface area contributed by atoms with Crippen molar-refractivity contribution < 1.29 is 14.7 Å². The first-order chi connectivity index (χ1) is 7.61. The number of benzene rings is 1. The van der Waals surface area contributed by atoms with Gasteiger partial charge in [-0.3, -0.25) is 9.59 Å². The van der Waals surface area contributed by atoms with Gasteiger partial charge in [0.2, 0.25) is 0 Å². The zero-order valence-electron chi connectivity index (χ0n) is 8.93. The molecule has 0 fully saturated rings. The molecule has 4 heteroatoms. The molecular formula is C12H15NO3. The van der Waals surface area contributed by atoms with Crippen LogP contribution in [0.4, 0.5) is 0 Å². The Morgan fingerprint density at radius 1 is 1.25 bits per heavy atom. The third kappa shape index (κ3) is 3.82.